The molecule has 0 aromatic carbocycles. The van der Waals surface area contributed by atoms with Gasteiger partial charge in [-0.05, 0) is 29.0 Å². The Morgan fingerprint density at radius 2 is 2.28 bits per heavy atom. The normalized spacial score (nSPS) is 26.9. The van der Waals surface area contributed by atoms with Crippen LogP contribution in [0.2, 0.25) is 0 Å². The molecule has 98 valence electrons. The highest BCUT2D eigenvalue weighted by Crippen LogP contribution is 2.32. The number of hydrogen-bond donors (Lipinski definition) is 0. The number of sulfone groups is 1. The molecule has 1 aromatic heterocycles. The summed E-state index contributed by atoms with van der Waals surface area (Å²) in [5, 5.41) is -0.104. The molecule has 18 heavy (non-hydrogen) atoms. The lowest BCUT2D eigenvalue weighted by Crippen LogP contribution is -2.37. The molecule has 2 atom stereocenters. The third-order valence-electron chi connectivity index (χ3n) is 3.19. The summed E-state index contributed by atoms with van der Waals surface area (Å²) >= 11 is 2.01. The molecule has 0 amide bonds. The molecule has 2 saturated heterocycles. The van der Waals surface area contributed by atoms with E-state index in [0.29, 0.717) is 22.2 Å². The van der Waals surface area contributed by atoms with Crippen LogP contribution >= 0.6 is 22.6 Å². The van der Waals surface area contributed by atoms with Gasteiger partial charge in [-0.2, -0.15) is 0 Å². The molecule has 0 unspecified atom stereocenters. The number of morpholine rings is 1. The zero-order chi connectivity index (χ0) is 12.9. The molecule has 0 aliphatic carbocycles. The van der Waals surface area contributed by atoms with Crippen molar-refractivity contribution in [3.05, 3.63) is 9.77 Å². The Kier molecular flexibility index (Phi) is 2.98. The third kappa shape index (κ3) is 2.21. The molecule has 0 N–H and O–H groups in total. The Balaban J connectivity index is 2.00. The lowest BCUT2D eigenvalue weighted by Gasteiger charge is -2.28. The van der Waals surface area contributed by atoms with E-state index in [1.54, 1.807) is 0 Å². The summed E-state index contributed by atoms with van der Waals surface area (Å²) in [5.74, 6) is 0.686. The largest absolute Gasteiger partial charge is 0.374 e. The summed E-state index contributed by atoms with van der Waals surface area (Å²) in [7, 11) is -3.38. The van der Waals surface area contributed by atoms with Crippen molar-refractivity contribution in [2.24, 2.45) is 0 Å². The molecule has 2 aliphatic heterocycles. The third-order valence-corrected chi connectivity index (χ3v) is 4.59. The number of ether oxygens (including phenoxy) is 1. The van der Waals surface area contributed by atoms with Crippen LogP contribution in [0.4, 0.5) is 5.82 Å². The molecule has 8 heteroatoms. The van der Waals surface area contributed by atoms with Crippen LogP contribution in [0, 0.1) is 3.70 Å². The van der Waals surface area contributed by atoms with E-state index in [1.165, 1.54) is 0 Å². The van der Waals surface area contributed by atoms with Gasteiger partial charge in [0.05, 0.1) is 18.8 Å². The van der Waals surface area contributed by atoms with Crippen LogP contribution in [0.1, 0.15) is 6.42 Å². The van der Waals surface area contributed by atoms with Crippen molar-refractivity contribution in [1.82, 2.24) is 9.97 Å². The second-order valence-corrected chi connectivity index (χ2v) is 7.62. The molecule has 2 bridgehead atoms. The van der Waals surface area contributed by atoms with Gasteiger partial charge in [0, 0.05) is 18.9 Å². The van der Waals surface area contributed by atoms with Gasteiger partial charge in [0.25, 0.3) is 0 Å². The average Bonchev–Trinajstić information content (AvgIpc) is 2.88. The maximum Gasteiger partial charge on any atom is 0.249 e. The lowest BCUT2D eigenvalue weighted by atomic mass is 10.2. The number of fused-ring (bicyclic) bond motifs is 2. The second kappa shape index (κ2) is 4.27. The monoisotopic (exact) mass is 381 g/mol. The van der Waals surface area contributed by atoms with E-state index in [-0.39, 0.29) is 11.3 Å². The van der Waals surface area contributed by atoms with Gasteiger partial charge in [-0.3, -0.25) is 0 Å². The zero-order valence-corrected chi connectivity index (χ0v) is 12.7. The first-order valence-corrected chi connectivity index (χ1v) is 8.53. The summed E-state index contributed by atoms with van der Waals surface area (Å²) in [6, 6.07) is 2.13. The molecule has 0 spiro atoms. The summed E-state index contributed by atoms with van der Waals surface area (Å²) < 4.78 is 29.2. The van der Waals surface area contributed by atoms with Crippen molar-refractivity contribution in [2.75, 3.05) is 24.3 Å². The van der Waals surface area contributed by atoms with Crippen molar-refractivity contribution in [1.29, 1.82) is 0 Å². The molecular weight excluding hydrogens is 369 g/mol. The average molecular weight is 381 g/mol. The van der Waals surface area contributed by atoms with Crippen LogP contribution in [-0.4, -0.2) is 49.9 Å². The highest BCUT2D eigenvalue weighted by Gasteiger charge is 2.40. The molecule has 1 aromatic rings. The molecule has 0 saturated carbocycles. The van der Waals surface area contributed by atoms with E-state index in [0.717, 1.165) is 19.2 Å². The van der Waals surface area contributed by atoms with Gasteiger partial charge < -0.3 is 9.64 Å². The van der Waals surface area contributed by atoms with Gasteiger partial charge in [0.2, 0.25) is 15.0 Å². The Labute approximate surface area is 119 Å². The fourth-order valence-electron chi connectivity index (χ4n) is 2.38. The van der Waals surface area contributed by atoms with Crippen molar-refractivity contribution in [3.63, 3.8) is 0 Å². The minimum absolute atomic E-state index is 0.104. The minimum Gasteiger partial charge on any atom is -0.374 e. The smallest absolute Gasteiger partial charge is 0.249 e. The molecule has 0 radical (unpaired) electrons. The standard InChI is InChI=1S/C10H12IN3O3S/c1-18(15,16)10-12-8(11)3-9(13-10)14-4-7-2-6(14)5-17-7/h3,6-7H,2,4-5H2,1H3/t6-,7-/m0/s1. The van der Waals surface area contributed by atoms with E-state index in [4.69, 9.17) is 4.74 Å². The van der Waals surface area contributed by atoms with Gasteiger partial charge in [-0.15, -0.1) is 0 Å². The number of rotatable bonds is 2. The quantitative estimate of drug-likeness (QED) is 0.421. The van der Waals surface area contributed by atoms with E-state index in [2.05, 4.69) is 14.9 Å². The molecule has 2 fully saturated rings. The van der Waals surface area contributed by atoms with Gasteiger partial charge in [0.1, 0.15) is 9.52 Å². The summed E-state index contributed by atoms with van der Waals surface area (Å²) in [4.78, 5) is 10.3. The number of hydrogen-bond acceptors (Lipinski definition) is 6. The Bertz CT molecular complexity index is 592. The maximum atomic E-state index is 11.5. The Morgan fingerprint density at radius 3 is 2.83 bits per heavy atom. The van der Waals surface area contributed by atoms with Crippen LogP contribution < -0.4 is 4.90 Å². The van der Waals surface area contributed by atoms with E-state index < -0.39 is 9.84 Å². The SMILES string of the molecule is CS(=O)(=O)c1nc(I)cc(N2C[C@@H]3C[C@H]2CO3)n1. The first-order chi connectivity index (χ1) is 8.43. The fraction of sp³-hybridized carbons (Fsp3) is 0.600. The van der Waals surface area contributed by atoms with Crippen LogP contribution in [0.15, 0.2) is 11.2 Å². The molecule has 6 nitrogen and oxygen atoms in total. The zero-order valence-electron chi connectivity index (χ0n) is 9.71. The second-order valence-electron chi connectivity index (χ2n) is 4.60. The van der Waals surface area contributed by atoms with Crippen LogP contribution in [-0.2, 0) is 14.6 Å². The first kappa shape index (κ1) is 12.5. The Morgan fingerprint density at radius 1 is 1.50 bits per heavy atom. The number of nitrogens with zero attached hydrogens (tertiary/aromatic N) is 3. The predicted octanol–water partition coefficient (Wildman–Crippen LogP) is 0.462. The number of halogens is 1. The summed E-state index contributed by atoms with van der Waals surface area (Å²) in [6.45, 7) is 1.47. The summed E-state index contributed by atoms with van der Waals surface area (Å²) in [5.41, 5.74) is 0. The van der Waals surface area contributed by atoms with Crippen LogP contribution in [0.5, 0.6) is 0 Å². The molecule has 2 aliphatic rings. The van der Waals surface area contributed by atoms with Crippen molar-refractivity contribution >= 4 is 38.2 Å². The Hall–Kier alpha value is -0.480. The molecule has 3 heterocycles. The van der Waals surface area contributed by atoms with E-state index in [9.17, 15) is 8.42 Å². The van der Waals surface area contributed by atoms with Crippen LogP contribution in [0.25, 0.3) is 0 Å². The van der Waals surface area contributed by atoms with Crippen LogP contribution in [0.3, 0.4) is 0 Å². The van der Waals surface area contributed by atoms with E-state index in [1.807, 2.05) is 28.7 Å². The van der Waals surface area contributed by atoms with Gasteiger partial charge in [0.15, 0.2) is 0 Å². The molecule has 3 rings (SSSR count). The van der Waals surface area contributed by atoms with Crippen molar-refractivity contribution < 1.29 is 13.2 Å². The van der Waals surface area contributed by atoms with Gasteiger partial charge >= 0.3 is 0 Å². The highest BCUT2D eigenvalue weighted by molar-refractivity contribution is 14.1. The lowest BCUT2D eigenvalue weighted by molar-refractivity contribution is 0.0988. The number of aromatic nitrogens is 2. The summed E-state index contributed by atoms with van der Waals surface area (Å²) in [6.07, 6.45) is 2.38. The van der Waals surface area contributed by atoms with Gasteiger partial charge in [-0.25, -0.2) is 18.4 Å². The minimum atomic E-state index is -3.38. The van der Waals surface area contributed by atoms with Gasteiger partial charge in [-0.1, -0.05) is 0 Å². The predicted molar refractivity (Wildman–Crippen MR) is 73.3 cm³/mol. The maximum absolute atomic E-state index is 11.5. The molecular formula is C10H12IN3O3S. The fourth-order valence-corrected chi connectivity index (χ4v) is 3.57. The topological polar surface area (TPSA) is 72.4 Å². The van der Waals surface area contributed by atoms with E-state index >= 15 is 0 Å². The number of anilines is 1. The highest BCUT2D eigenvalue weighted by atomic mass is 127. The first-order valence-electron chi connectivity index (χ1n) is 5.56. The van der Waals surface area contributed by atoms with Crippen molar-refractivity contribution in [2.45, 2.75) is 23.7 Å². The van der Waals surface area contributed by atoms with Crippen molar-refractivity contribution in [3.8, 4) is 0 Å².